The van der Waals surface area contributed by atoms with Crippen LogP contribution in [0.4, 0.5) is 11.5 Å². The first kappa shape index (κ1) is 19.4. The first-order valence-corrected chi connectivity index (χ1v) is 9.75. The number of rotatable bonds is 7. The van der Waals surface area contributed by atoms with Crippen LogP contribution in [0.1, 0.15) is 15.9 Å². The van der Waals surface area contributed by atoms with Crippen LogP contribution in [0.3, 0.4) is 0 Å². The number of ether oxygens (including phenoxy) is 1. The van der Waals surface area contributed by atoms with Gasteiger partial charge in [-0.15, -0.1) is 0 Å². The quantitative estimate of drug-likeness (QED) is 0.594. The third kappa shape index (κ3) is 4.57. The van der Waals surface area contributed by atoms with Crippen molar-refractivity contribution < 1.29 is 14.3 Å². The van der Waals surface area contributed by atoms with Crippen LogP contribution in [-0.4, -0.2) is 36.5 Å². The van der Waals surface area contributed by atoms with E-state index in [0.29, 0.717) is 36.8 Å². The molecule has 0 saturated heterocycles. The maximum atomic E-state index is 12.6. The maximum Gasteiger partial charge on any atom is 0.253 e. The number of anilines is 2. The van der Waals surface area contributed by atoms with Crippen LogP contribution in [0.2, 0.25) is 0 Å². The molecule has 3 aromatic rings. The third-order valence-corrected chi connectivity index (χ3v) is 4.71. The molecule has 4 rings (SSSR count). The van der Waals surface area contributed by atoms with Gasteiger partial charge in [0, 0.05) is 6.20 Å². The van der Waals surface area contributed by atoms with Crippen LogP contribution >= 0.6 is 0 Å². The van der Waals surface area contributed by atoms with Crippen LogP contribution in [0, 0.1) is 0 Å². The van der Waals surface area contributed by atoms with Gasteiger partial charge in [-0.25, -0.2) is 4.98 Å². The molecule has 2 aromatic carbocycles. The molecule has 2 amide bonds. The van der Waals surface area contributed by atoms with Crippen molar-refractivity contribution in [2.24, 2.45) is 0 Å². The summed E-state index contributed by atoms with van der Waals surface area (Å²) in [5.41, 5.74) is 2.00. The molecule has 0 bridgehead atoms. The van der Waals surface area contributed by atoms with Crippen LogP contribution in [0.25, 0.3) is 0 Å². The molecule has 1 aromatic heterocycles. The van der Waals surface area contributed by atoms with Gasteiger partial charge >= 0.3 is 0 Å². The molecule has 1 aliphatic heterocycles. The standard InChI is InChI=1S/C23H22N4O3/c28-21-15-26-22-20(27(21)16-17-7-3-1-4-8-17)13-18(14-25-22)23(29)24-11-12-30-19-9-5-2-6-10-19/h1-10,13-14H,11-12,15-16H2,(H,24,29)(H,25,26). The SMILES string of the molecule is O=C(NCCOc1ccccc1)c1cnc2c(c1)N(Cc1ccccc1)C(=O)CN2. The van der Waals surface area contributed by atoms with Crippen molar-refractivity contribution in [1.82, 2.24) is 10.3 Å². The molecule has 0 spiro atoms. The molecule has 0 radical (unpaired) electrons. The van der Waals surface area contributed by atoms with Crippen LogP contribution < -0.4 is 20.3 Å². The van der Waals surface area contributed by atoms with Gasteiger partial charge in [-0.05, 0) is 23.8 Å². The Labute approximate surface area is 174 Å². The topological polar surface area (TPSA) is 83.6 Å². The number of para-hydroxylation sites is 1. The number of hydrogen-bond donors (Lipinski definition) is 2. The Hall–Kier alpha value is -3.87. The smallest absolute Gasteiger partial charge is 0.253 e. The molecule has 7 nitrogen and oxygen atoms in total. The zero-order valence-electron chi connectivity index (χ0n) is 16.4. The van der Waals surface area contributed by atoms with Crippen molar-refractivity contribution in [2.75, 3.05) is 29.9 Å². The minimum absolute atomic E-state index is 0.0676. The number of carbonyl (C=O) groups is 2. The van der Waals surface area contributed by atoms with E-state index in [1.807, 2.05) is 60.7 Å². The number of pyridine rings is 1. The van der Waals surface area contributed by atoms with Gasteiger partial charge in [0.25, 0.3) is 5.91 Å². The minimum atomic E-state index is -0.264. The summed E-state index contributed by atoms with van der Waals surface area (Å²) < 4.78 is 5.59. The van der Waals surface area contributed by atoms with Gasteiger partial charge in [0.1, 0.15) is 12.4 Å². The summed E-state index contributed by atoms with van der Waals surface area (Å²) >= 11 is 0. The number of nitrogens with one attached hydrogen (secondary N) is 2. The van der Waals surface area contributed by atoms with Gasteiger partial charge in [0.15, 0.2) is 5.82 Å². The van der Waals surface area contributed by atoms with Gasteiger partial charge in [-0.3, -0.25) is 9.59 Å². The van der Waals surface area contributed by atoms with Crippen molar-refractivity contribution in [3.05, 3.63) is 84.1 Å². The van der Waals surface area contributed by atoms with Crippen molar-refractivity contribution >= 4 is 23.3 Å². The lowest BCUT2D eigenvalue weighted by Gasteiger charge is -2.29. The lowest BCUT2D eigenvalue weighted by Crippen LogP contribution is -2.40. The molecule has 0 saturated carbocycles. The second kappa shape index (κ2) is 9.09. The van der Waals surface area contributed by atoms with E-state index in [1.165, 1.54) is 6.20 Å². The van der Waals surface area contributed by atoms with Crippen molar-refractivity contribution in [3.63, 3.8) is 0 Å². The summed E-state index contributed by atoms with van der Waals surface area (Å²) in [5.74, 6) is 1.01. The molecule has 2 heterocycles. The van der Waals surface area contributed by atoms with E-state index in [2.05, 4.69) is 15.6 Å². The molecule has 1 aliphatic rings. The van der Waals surface area contributed by atoms with Crippen molar-refractivity contribution in [1.29, 1.82) is 0 Å². The van der Waals surface area contributed by atoms with Crippen molar-refractivity contribution in [2.45, 2.75) is 6.54 Å². The molecule has 0 atom stereocenters. The summed E-state index contributed by atoms with van der Waals surface area (Å²) in [6.07, 6.45) is 1.51. The van der Waals surface area contributed by atoms with E-state index >= 15 is 0 Å². The average molecular weight is 402 g/mol. The number of benzene rings is 2. The van der Waals surface area contributed by atoms with E-state index in [1.54, 1.807) is 11.0 Å². The molecular formula is C23H22N4O3. The Kier molecular flexibility index (Phi) is 5.89. The summed E-state index contributed by atoms with van der Waals surface area (Å²) in [6.45, 7) is 1.31. The Morgan fingerprint density at radius 3 is 2.60 bits per heavy atom. The number of aromatic nitrogens is 1. The zero-order chi connectivity index (χ0) is 20.8. The average Bonchev–Trinajstić information content (AvgIpc) is 2.79. The monoisotopic (exact) mass is 402 g/mol. The summed E-state index contributed by atoms with van der Waals surface area (Å²) in [7, 11) is 0. The minimum Gasteiger partial charge on any atom is -0.492 e. The van der Waals surface area contributed by atoms with Crippen LogP contribution in [0.15, 0.2) is 72.9 Å². The number of fused-ring (bicyclic) bond motifs is 1. The fraction of sp³-hybridized carbons (Fsp3) is 0.174. The molecule has 152 valence electrons. The second-order valence-corrected chi connectivity index (χ2v) is 6.83. The first-order valence-electron chi connectivity index (χ1n) is 9.75. The summed E-state index contributed by atoms with van der Waals surface area (Å²) in [6, 6.07) is 20.8. The Morgan fingerprint density at radius 2 is 1.83 bits per heavy atom. The second-order valence-electron chi connectivity index (χ2n) is 6.83. The third-order valence-electron chi connectivity index (χ3n) is 4.71. The Balaban J connectivity index is 1.42. The van der Waals surface area contributed by atoms with Crippen molar-refractivity contribution in [3.8, 4) is 5.75 Å². The molecular weight excluding hydrogens is 380 g/mol. The maximum absolute atomic E-state index is 12.6. The van der Waals surface area contributed by atoms with E-state index in [9.17, 15) is 9.59 Å². The highest BCUT2D eigenvalue weighted by Crippen LogP contribution is 2.29. The number of carbonyl (C=O) groups excluding carboxylic acids is 2. The van der Waals surface area contributed by atoms with E-state index < -0.39 is 0 Å². The highest BCUT2D eigenvalue weighted by Gasteiger charge is 2.26. The number of amides is 2. The predicted octanol–water partition coefficient (Wildman–Crippen LogP) is 2.85. The van der Waals surface area contributed by atoms with E-state index in [-0.39, 0.29) is 18.4 Å². The van der Waals surface area contributed by atoms with E-state index in [4.69, 9.17) is 4.74 Å². The number of nitrogens with zero attached hydrogens (tertiary/aromatic N) is 2. The lowest BCUT2D eigenvalue weighted by atomic mass is 10.1. The largest absolute Gasteiger partial charge is 0.492 e. The molecule has 7 heteroatoms. The summed E-state index contributed by atoms with van der Waals surface area (Å²) in [5, 5.41) is 5.83. The summed E-state index contributed by atoms with van der Waals surface area (Å²) in [4.78, 5) is 31.1. The zero-order valence-corrected chi connectivity index (χ0v) is 16.4. The Bertz CT molecular complexity index is 1030. The number of hydrogen-bond acceptors (Lipinski definition) is 5. The lowest BCUT2D eigenvalue weighted by molar-refractivity contribution is -0.117. The predicted molar refractivity (Wildman–Crippen MR) is 115 cm³/mol. The van der Waals surface area contributed by atoms with Crippen LogP contribution in [-0.2, 0) is 11.3 Å². The van der Waals surface area contributed by atoms with Gasteiger partial charge in [0.2, 0.25) is 5.91 Å². The molecule has 30 heavy (non-hydrogen) atoms. The van der Waals surface area contributed by atoms with Gasteiger partial charge in [0.05, 0.1) is 30.9 Å². The normalized spacial score (nSPS) is 12.7. The van der Waals surface area contributed by atoms with Crippen LogP contribution in [0.5, 0.6) is 5.75 Å². The molecule has 0 aliphatic carbocycles. The highest BCUT2D eigenvalue weighted by molar-refractivity contribution is 6.04. The fourth-order valence-electron chi connectivity index (χ4n) is 3.20. The molecule has 0 fully saturated rings. The molecule has 2 N–H and O–H groups in total. The molecule has 0 unspecified atom stereocenters. The van der Waals surface area contributed by atoms with Gasteiger partial charge in [-0.2, -0.15) is 0 Å². The Morgan fingerprint density at radius 1 is 1.10 bits per heavy atom. The fourth-order valence-corrected chi connectivity index (χ4v) is 3.20. The van der Waals surface area contributed by atoms with E-state index in [0.717, 1.165) is 11.3 Å². The highest BCUT2D eigenvalue weighted by atomic mass is 16.5. The first-order chi connectivity index (χ1) is 14.7. The van der Waals surface area contributed by atoms with Gasteiger partial charge < -0.3 is 20.3 Å². The van der Waals surface area contributed by atoms with Gasteiger partial charge in [-0.1, -0.05) is 48.5 Å².